The summed E-state index contributed by atoms with van der Waals surface area (Å²) in [6, 6.07) is 5.04. The number of fused-ring (bicyclic) bond motifs is 1. The first-order valence-electron chi connectivity index (χ1n) is 5.81. The summed E-state index contributed by atoms with van der Waals surface area (Å²) in [6.45, 7) is 2.04. The fourth-order valence-corrected chi connectivity index (χ4v) is 2.10. The van der Waals surface area contributed by atoms with Crippen molar-refractivity contribution in [1.82, 2.24) is 5.32 Å². The van der Waals surface area contributed by atoms with Gasteiger partial charge in [-0.05, 0) is 23.3 Å². The summed E-state index contributed by atoms with van der Waals surface area (Å²) in [5, 5.41) is 11.5. The number of ether oxygens (including phenoxy) is 1. The molecule has 0 aliphatic carbocycles. The molecule has 1 amide bonds. The van der Waals surface area contributed by atoms with Crippen LogP contribution in [0.2, 0.25) is 0 Å². The van der Waals surface area contributed by atoms with Gasteiger partial charge in [-0.15, -0.1) is 0 Å². The van der Waals surface area contributed by atoms with Crippen LogP contribution in [0.3, 0.4) is 0 Å². The maximum atomic E-state index is 11.1. The Morgan fingerprint density at radius 2 is 2.28 bits per heavy atom. The molecule has 5 heteroatoms. The van der Waals surface area contributed by atoms with Crippen molar-refractivity contribution in [2.24, 2.45) is 0 Å². The largest absolute Gasteiger partial charge is 0.493 e. The van der Waals surface area contributed by atoms with Crippen molar-refractivity contribution < 1.29 is 19.4 Å². The summed E-state index contributed by atoms with van der Waals surface area (Å²) in [7, 11) is 0. The summed E-state index contributed by atoms with van der Waals surface area (Å²) >= 11 is 0. The lowest BCUT2D eigenvalue weighted by atomic mass is 10.00. The second kappa shape index (κ2) is 5.08. The Kier molecular flexibility index (Phi) is 3.50. The van der Waals surface area contributed by atoms with E-state index in [2.05, 4.69) is 5.32 Å². The van der Waals surface area contributed by atoms with Gasteiger partial charge in [0, 0.05) is 13.3 Å². The molecule has 1 aliphatic heterocycles. The van der Waals surface area contributed by atoms with Gasteiger partial charge in [0.1, 0.15) is 5.75 Å². The Labute approximate surface area is 105 Å². The highest BCUT2D eigenvalue weighted by Gasteiger charge is 2.19. The molecule has 1 aromatic carbocycles. The van der Waals surface area contributed by atoms with Gasteiger partial charge in [-0.2, -0.15) is 0 Å². The molecule has 5 nitrogen and oxygen atoms in total. The highest BCUT2D eigenvalue weighted by Crippen LogP contribution is 2.29. The lowest BCUT2D eigenvalue weighted by Crippen LogP contribution is -2.28. The molecular weight excluding hydrogens is 234 g/mol. The number of benzene rings is 1. The predicted molar refractivity (Wildman–Crippen MR) is 64.5 cm³/mol. The zero-order valence-corrected chi connectivity index (χ0v) is 10.1. The van der Waals surface area contributed by atoms with Crippen LogP contribution in [0.25, 0.3) is 0 Å². The first-order chi connectivity index (χ1) is 8.56. The lowest BCUT2D eigenvalue weighted by molar-refractivity contribution is -0.137. The Balaban J connectivity index is 2.24. The molecule has 1 aliphatic rings. The number of amides is 1. The number of nitrogens with one attached hydrogen (secondary N) is 1. The summed E-state index contributed by atoms with van der Waals surface area (Å²) in [5.74, 6) is -0.334. The summed E-state index contributed by atoms with van der Waals surface area (Å²) < 4.78 is 5.39. The minimum atomic E-state index is -0.939. The smallest absolute Gasteiger partial charge is 0.305 e. The van der Waals surface area contributed by atoms with Crippen molar-refractivity contribution >= 4 is 11.9 Å². The number of carbonyl (C=O) groups is 2. The Hall–Kier alpha value is -2.04. The van der Waals surface area contributed by atoms with Crippen LogP contribution < -0.4 is 10.1 Å². The molecule has 0 fully saturated rings. The maximum Gasteiger partial charge on any atom is 0.305 e. The number of carboxylic acids is 1. The van der Waals surface area contributed by atoms with Crippen molar-refractivity contribution in [1.29, 1.82) is 0 Å². The molecule has 0 spiro atoms. The van der Waals surface area contributed by atoms with Gasteiger partial charge in [-0.25, -0.2) is 0 Å². The lowest BCUT2D eigenvalue weighted by Gasteiger charge is -2.17. The van der Waals surface area contributed by atoms with E-state index in [1.807, 2.05) is 12.1 Å². The van der Waals surface area contributed by atoms with Crippen LogP contribution in [-0.2, 0) is 16.0 Å². The number of hydrogen-bond donors (Lipinski definition) is 2. The molecule has 0 saturated heterocycles. The monoisotopic (exact) mass is 249 g/mol. The maximum absolute atomic E-state index is 11.1. The predicted octanol–water partition coefficient (Wildman–Crippen LogP) is 1.27. The number of rotatable bonds is 4. The first-order valence-corrected chi connectivity index (χ1v) is 5.81. The standard InChI is InChI=1S/C13H15NO4/c1-8(15)14-11(7-13(16)17)9-2-3-12-10(6-9)4-5-18-12/h2-3,6,11H,4-5,7H2,1H3,(H,14,15)(H,16,17)/t11-/m0/s1. The number of aliphatic carboxylic acids is 1. The third-order valence-corrected chi connectivity index (χ3v) is 2.87. The zero-order chi connectivity index (χ0) is 13.1. The van der Waals surface area contributed by atoms with Crippen LogP contribution >= 0.6 is 0 Å². The second-order valence-electron chi connectivity index (χ2n) is 4.32. The van der Waals surface area contributed by atoms with Gasteiger partial charge in [0.05, 0.1) is 19.1 Å². The van der Waals surface area contributed by atoms with Gasteiger partial charge in [0.25, 0.3) is 0 Å². The summed E-state index contributed by atoms with van der Waals surface area (Å²) in [5.41, 5.74) is 1.87. The number of carboxylic acid groups (broad SMARTS) is 1. The fourth-order valence-electron chi connectivity index (χ4n) is 2.10. The highest BCUT2D eigenvalue weighted by molar-refractivity contribution is 5.75. The van der Waals surface area contributed by atoms with Crippen LogP contribution in [0.4, 0.5) is 0 Å². The molecular formula is C13H15NO4. The Bertz CT molecular complexity index is 468. The van der Waals surface area contributed by atoms with E-state index in [-0.39, 0.29) is 12.3 Å². The van der Waals surface area contributed by atoms with Crippen LogP contribution in [0.5, 0.6) is 5.75 Å². The van der Waals surface area contributed by atoms with Gasteiger partial charge in [0.15, 0.2) is 0 Å². The van der Waals surface area contributed by atoms with E-state index >= 15 is 0 Å². The molecule has 2 N–H and O–H groups in total. The topological polar surface area (TPSA) is 75.6 Å². The van der Waals surface area contributed by atoms with E-state index in [1.165, 1.54) is 6.92 Å². The SMILES string of the molecule is CC(=O)N[C@@H](CC(=O)O)c1ccc2c(c1)CCO2. The molecule has 0 unspecified atom stereocenters. The molecule has 0 bridgehead atoms. The summed E-state index contributed by atoms with van der Waals surface area (Å²) in [6.07, 6.45) is 0.697. The minimum Gasteiger partial charge on any atom is -0.493 e. The van der Waals surface area contributed by atoms with Gasteiger partial charge in [0.2, 0.25) is 5.91 Å². The average molecular weight is 249 g/mol. The fraction of sp³-hybridized carbons (Fsp3) is 0.385. The normalized spacial score (nSPS) is 14.5. The average Bonchev–Trinajstić information content (AvgIpc) is 2.73. The van der Waals surface area contributed by atoms with Gasteiger partial charge < -0.3 is 15.2 Å². The van der Waals surface area contributed by atoms with E-state index in [1.54, 1.807) is 6.07 Å². The Morgan fingerprint density at radius 3 is 2.94 bits per heavy atom. The number of hydrogen-bond acceptors (Lipinski definition) is 3. The van der Waals surface area contributed by atoms with Crippen molar-refractivity contribution in [3.63, 3.8) is 0 Å². The molecule has 96 valence electrons. The molecule has 2 rings (SSSR count). The molecule has 0 aromatic heterocycles. The summed E-state index contributed by atoms with van der Waals surface area (Å²) in [4.78, 5) is 21.9. The minimum absolute atomic E-state index is 0.126. The van der Waals surface area contributed by atoms with Gasteiger partial charge in [-0.1, -0.05) is 6.07 Å². The van der Waals surface area contributed by atoms with Crippen molar-refractivity contribution in [2.45, 2.75) is 25.8 Å². The van der Waals surface area contributed by atoms with E-state index in [9.17, 15) is 9.59 Å². The van der Waals surface area contributed by atoms with Crippen LogP contribution in [-0.4, -0.2) is 23.6 Å². The van der Waals surface area contributed by atoms with Crippen LogP contribution in [0.1, 0.15) is 30.5 Å². The van der Waals surface area contributed by atoms with Gasteiger partial charge >= 0.3 is 5.97 Å². The molecule has 18 heavy (non-hydrogen) atoms. The Morgan fingerprint density at radius 1 is 1.50 bits per heavy atom. The van der Waals surface area contributed by atoms with Crippen LogP contribution in [0.15, 0.2) is 18.2 Å². The first kappa shape index (κ1) is 12.4. The van der Waals surface area contributed by atoms with E-state index in [0.29, 0.717) is 6.61 Å². The second-order valence-corrected chi connectivity index (χ2v) is 4.32. The highest BCUT2D eigenvalue weighted by atomic mass is 16.5. The quantitative estimate of drug-likeness (QED) is 0.842. The third kappa shape index (κ3) is 2.80. The van der Waals surface area contributed by atoms with E-state index in [0.717, 1.165) is 23.3 Å². The zero-order valence-electron chi connectivity index (χ0n) is 10.1. The number of carbonyl (C=O) groups excluding carboxylic acids is 1. The van der Waals surface area contributed by atoms with E-state index in [4.69, 9.17) is 9.84 Å². The van der Waals surface area contributed by atoms with Crippen molar-refractivity contribution in [3.05, 3.63) is 29.3 Å². The molecule has 1 heterocycles. The molecule has 1 atom stereocenters. The van der Waals surface area contributed by atoms with E-state index < -0.39 is 12.0 Å². The molecule has 1 aromatic rings. The van der Waals surface area contributed by atoms with Crippen molar-refractivity contribution in [3.8, 4) is 5.75 Å². The van der Waals surface area contributed by atoms with Gasteiger partial charge in [-0.3, -0.25) is 9.59 Å². The van der Waals surface area contributed by atoms with Crippen LogP contribution in [0, 0.1) is 0 Å². The third-order valence-electron chi connectivity index (χ3n) is 2.87. The molecule has 0 radical (unpaired) electrons. The van der Waals surface area contributed by atoms with Crippen molar-refractivity contribution in [2.75, 3.05) is 6.61 Å². The molecule has 0 saturated carbocycles.